The molecule has 0 aromatic rings. The molecule has 0 heterocycles. The standard InChI is InChI=1S/C15H27NO3/c1-5-7-8-10(6-2)9-16-13(17)11-12(14(18)19)15(11,3)4/h10-12H,5-9H2,1-4H3,(H,16,17)(H,18,19). The molecule has 1 rings (SSSR count). The number of carboxylic acid groups (broad SMARTS) is 1. The van der Waals surface area contributed by atoms with Crippen LogP contribution in [0.25, 0.3) is 0 Å². The van der Waals surface area contributed by atoms with E-state index in [1.165, 1.54) is 12.8 Å². The summed E-state index contributed by atoms with van der Waals surface area (Å²) < 4.78 is 0. The van der Waals surface area contributed by atoms with Crippen molar-refractivity contribution in [3.63, 3.8) is 0 Å². The van der Waals surface area contributed by atoms with Crippen molar-refractivity contribution >= 4 is 11.9 Å². The van der Waals surface area contributed by atoms with Crippen LogP contribution in [0.3, 0.4) is 0 Å². The number of carbonyl (C=O) groups excluding carboxylic acids is 1. The Morgan fingerprint density at radius 2 is 1.89 bits per heavy atom. The van der Waals surface area contributed by atoms with Crippen LogP contribution in [-0.4, -0.2) is 23.5 Å². The van der Waals surface area contributed by atoms with Crippen LogP contribution in [0.1, 0.15) is 53.4 Å². The lowest BCUT2D eigenvalue weighted by Crippen LogP contribution is -2.32. The fourth-order valence-corrected chi connectivity index (χ4v) is 2.89. The van der Waals surface area contributed by atoms with Gasteiger partial charge in [0.2, 0.25) is 5.91 Å². The Labute approximate surface area is 116 Å². The number of carbonyl (C=O) groups is 2. The van der Waals surface area contributed by atoms with Crippen LogP contribution in [-0.2, 0) is 9.59 Å². The normalized spacial score (nSPS) is 25.7. The molecule has 1 fully saturated rings. The first kappa shape index (κ1) is 16.0. The van der Waals surface area contributed by atoms with Gasteiger partial charge in [-0.05, 0) is 17.8 Å². The van der Waals surface area contributed by atoms with Crippen LogP contribution in [0.5, 0.6) is 0 Å². The summed E-state index contributed by atoms with van der Waals surface area (Å²) in [5.74, 6) is -1.33. The second-order valence-electron chi connectivity index (χ2n) is 6.28. The maximum absolute atomic E-state index is 12.1. The summed E-state index contributed by atoms with van der Waals surface area (Å²) in [6, 6.07) is 0. The second kappa shape index (κ2) is 6.40. The average molecular weight is 269 g/mol. The van der Waals surface area contributed by atoms with Gasteiger partial charge in [-0.25, -0.2) is 0 Å². The third kappa shape index (κ3) is 3.71. The number of unbranched alkanes of at least 4 members (excludes halogenated alkanes) is 1. The van der Waals surface area contributed by atoms with Crippen molar-refractivity contribution < 1.29 is 14.7 Å². The maximum Gasteiger partial charge on any atom is 0.307 e. The third-order valence-electron chi connectivity index (χ3n) is 4.48. The highest BCUT2D eigenvalue weighted by Crippen LogP contribution is 2.58. The van der Waals surface area contributed by atoms with Gasteiger partial charge in [-0.1, -0.05) is 47.0 Å². The molecular weight excluding hydrogens is 242 g/mol. The Kier molecular flexibility index (Phi) is 5.39. The topological polar surface area (TPSA) is 66.4 Å². The SMILES string of the molecule is CCCCC(CC)CNC(=O)C1C(C(=O)O)C1(C)C. The van der Waals surface area contributed by atoms with Gasteiger partial charge in [-0.3, -0.25) is 9.59 Å². The van der Waals surface area contributed by atoms with Gasteiger partial charge in [0.1, 0.15) is 0 Å². The molecule has 19 heavy (non-hydrogen) atoms. The molecule has 3 atom stereocenters. The highest BCUT2D eigenvalue weighted by atomic mass is 16.4. The van der Waals surface area contributed by atoms with E-state index >= 15 is 0 Å². The monoisotopic (exact) mass is 269 g/mol. The van der Waals surface area contributed by atoms with Gasteiger partial charge in [0.05, 0.1) is 11.8 Å². The Morgan fingerprint density at radius 3 is 2.32 bits per heavy atom. The molecule has 2 N–H and O–H groups in total. The predicted molar refractivity (Wildman–Crippen MR) is 74.7 cm³/mol. The smallest absolute Gasteiger partial charge is 0.307 e. The molecule has 1 aliphatic rings. The first-order valence-corrected chi connectivity index (χ1v) is 7.36. The van der Waals surface area contributed by atoms with E-state index in [1.807, 2.05) is 13.8 Å². The Balaban J connectivity index is 2.42. The number of carboxylic acids is 1. The van der Waals surface area contributed by atoms with Crippen LogP contribution in [0.15, 0.2) is 0 Å². The van der Waals surface area contributed by atoms with E-state index in [0.717, 1.165) is 12.8 Å². The number of nitrogens with one attached hydrogen (secondary N) is 1. The zero-order valence-electron chi connectivity index (χ0n) is 12.5. The van der Waals surface area contributed by atoms with E-state index in [9.17, 15) is 9.59 Å². The molecule has 1 amide bonds. The molecule has 3 unspecified atom stereocenters. The minimum absolute atomic E-state index is 0.0904. The number of rotatable bonds is 8. The van der Waals surface area contributed by atoms with Crippen LogP contribution in [0.4, 0.5) is 0 Å². The second-order valence-corrected chi connectivity index (χ2v) is 6.28. The molecule has 4 heteroatoms. The quantitative estimate of drug-likeness (QED) is 0.712. The van der Waals surface area contributed by atoms with E-state index in [-0.39, 0.29) is 11.8 Å². The van der Waals surface area contributed by atoms with Crippen molar-refractivity contribution in [2.45, 2.75) is 53.4 Å². The lowest BCUT2D eigenvalue weighted by molar-refractivity contribution is -0.140. The highest BCUT2D eigenvalue weighted by Gasteiger charge is 2.65. The zero-order chi connectivity index (χ0) is 14.6. The van der Waals surface area contributed by atoms with Crippen LogP contribution >= 0.6 is 0 Å². The van der Waals surface area contributed by atoms with Gasteiger partial charge < -0.3 is 10.4 Å². The summed E-state index contributed by atoms with van der Waals surface area (Å²) in [6.07, 6.45) is 4.53. The summed E-state index contributed by atoms with van der Waals surface area (Å²) in [5, 5.41) is 12.0. The Morgan fingerprint density at radius 1 is 1.26 bits per heavy atom. The van der Waals surface area contributed by atoms with Crippen LogP contribution < -0.4 is 5.32 Å². The summed E-state index contributed by atoms with van der Waals surface area (Å²) in [5.41, 5.74) is -0.402. The number of amides is 1. The van der Waals surface area contributed by atoms with E-state index < -0.39 is 17.3 Å². The summed E-state index contributed by atoms with van der Waals surface area (Å²) in [7, 11) is 0. The molecule has 1 saturated carbocycles. The third-order valence-corrected chi connectivity index (χ3v) is 4.48. The fraction of sp³-hybridized carbons (Fsp3) is 0.867. The molecule has 1 aliphatic carbocycles. The van der Waals surface area contributed by atoms with Gasteiger partial charge in [0.25, 0.3) is 0 Å². The molecular formula is C15H27NO3. The number of aliphatic carboxylic acids is 1. The zero-order valence-corrected chi connectivity index (χ0v) is 12.5. The molecule has 0 radical (unpaired) electrons. The predicted octanol–water partition coefficient (Wildman–Crippen LogP) is 2.68. The molecule has 0 saturated heterocycles. The van der Waals surface area contributed by atoms with Crippen LogP contribution in [0, 0.1) is 23.2 Å². The summed E-state index contributed by atoms with van der Waals surface area (Å²) >= 11 is 0. The molecule has 4 nitrogen and oxygen atoms in total. The number of hydrogen-bond acceptors (Lipinski definition) is 2. The van der Waals surface area contributed by atoms with Crippen molar-refractivity contribution in [1.29, 1.82) is 0 Å². The molecule has 0 aromatic carbocycles. The van der Waals surface area contributed by atoms with Crippen LogP contribution in [0.2, 0.25) is 0 Å². The first-order chi connectivity index (χ1) is 8.86. The molecule has 0 aliphatic heterocycles. The Hall–Kier alpha value is -1.06. The van der Waals surface area contributed by atoms with Gasteiger partial charge in [-0.15, -0.1) is 0 Å². The van der Waals surface area contributed by atoms with Gasteiger partial charge in [0, 0.05) is 6.54 Å². The van der Waals surface area contributed by atoms with Gasteiger partial charge >= 0.3 is 5.97 Å². The summed E-state index contributed by atoms with van der Waals surface area (Å²) in [6.45, 7) is 8.67. The van der Waals surface area contributed by atoms with Crippen molar-refractivity contribution in [1.82, 2.24) is 5.32 Å². The first-order valence-electron chi connectivity index (χ1n) is 7.36. The van der Waals surface area contributed by atoms with Gasteiger partial charge in [0.15, 0.2) is 0 Å². The largest absolute Gasteiger partial charge is 0.481 e. The van der Waals surface area contributed by atoms with Crippen molar-refractivity contribution in [2.24, 2.45) is 23.2 Å². The molecule has 0 aromatic heterocycles. The van der Waals surface area contributed by atoms with E-state index in [1.54, 1.807) is 0 Å². The lowest BCUT2D eigenvalue weighted by atomic mass is 9.99. The lowest BCUT2D eigenvalue weighted by Gasteiger charge is -2.15. The summed E-state index contributed by atoms with van der Waals surface area (Å²) in [4.78, 5) is 23.1. The van der Waals surface area contributed by atoms with E-state index in [4.69, 9.17) is 5.11 Å². The molecule has 0 bridgehead atoms. The number of hydrogen-bond donors (Lipinski definition) is 2. The van der Waals surface area contributed by atoms with Crippen molar-refractivity contribution in [2.75, 3.05) is 6.54 Å². The Bertz CT molecular complexity index is 338. The molecule has 110 valence electrons. The van der Waals surface area contributed by atoms with Crippen molar-refractivity contribution in [3.8, 4) is 0 Å². The maximum atomic E-state index is 12.1. The minimum atomic E-state index is -0.858. The van der Waals surface area contributed by atoms with E-state index in [0.29, 0.717) is 12.5 Å². The molecule has 0 spiro atoms. The van der Waals surface area contributed by atoms with Crippen molar-refractivity contribution in [3.05, 3.63) is 0 Å². The average Bonchev–Trinajstić information content (AvgIpc) is 2.92. The minimum Gasteiger partial charge on any atom is -0.481 e. The van der Waals surface area contributed by atoms with E-state index in [2.05, 4.69) is 19.2 Å². The highest BCUT2D eigenvalue weighted by molar-refractivity contribution is 5.91. The van der Waals surface area contributed by atoms with Gasteiger partial charge in [-0.2, -0.15) is 0 Å². The fourth-order valence-electron chi connectivity index (χ4n) is 2.89.